The van der Waals surface area contributed by atoms with Crippen LogP contribution in [0.5, 0.6) is 0 Å². The molecule has 0 bridgehead atoms. The number of aliphatic hydroxyl groups is 1. The lowest BCUT2D eigenvalue weighted by molar-refractivity contribution is -0.151. The molecule has 8 heteroatoms. The minimum Gasteiger partial charge on any atom is -0.463 e. The molecule has 0 radical (unpaired) electrons. The quantitative estimate of drug-likeness (QED) is 0.307. The summed E-state index contributed by atoms with van der Waals surface area (Å²) in [6.07, 6.45) is 7.16. The summed E-state index contributed by atoms with van der Waals surface area (Å²) in [5.74, 6) is -1.79. The third-order valence-corrected chi connectivity index (χ3v) is 6.86. The molecule has 1 heterocycles. The van der Waals surface area contributed by atoms with E-state index in [0.717, 1.165) is 24.0 Å². The molecule has 2 aromatic rings. The molecule has 8 nitrogen and oxygen atoms in total. The van der Waals surface area contributed by atoms with Crippen molar-refractivity contribution in [3.8, 4) is 0 Å². The zero-order chi connectivity index (χ0) is 28.6. The molecule has 2 aromatic carbocycles. The number of hydrogen-bond acceptors (Lipinski definition) is 6. The first-order valence-electron chi connectivity index (χ1n) is 14.1. The predicted octanol–water partition coefficient (Wildman–Crippen LogP) is 3.72. The molecule has 4 atom stereocenters. The Balaban J connectivity index is 1.72. The second-order valence-corrected chi connectivity index (χ2v) is 10.4. The molecule has 0 aliphatic carbocycles. The van der Waals surface area contributed by atoms with E-state index in [1.807, 2.05) is 72.8 Å². The Hall–Kier alpha value is -3.49. The van der Waals surface area contributed by atoms with Crippen LogP contribution < -0.4 is 10.6 Å². The molecular formula is C32H42N2O6. The Morgan fingerprint density at radius 3 is 2.45 bits per heavy atom. The third-order valence-electron chi connectivity index (χ3n) is 6.86. The number of amides is 2. The number of hydrogen-bond donors (Lipinski definition) is 3. The van der Waals surface area contributed by atoms with Gasteiger partial charge in [0.15, 0.2) is 0 Å². The van der Waals surface area contributed by atoms with Crippen LogP contribution in [0.25, 0.3) is 0 Å². The van der Waals surface area contributed by atoms with Gasteiger partial charge in [-0.05, 0) is 50.2 Å². The second-order valence-electron chi connectivity index (χ2n) is 10.4. The van der Waals surface area contributed by atoms with Crippen molar-refractivity contribution < 1.29 is 29.0 Å². The van der Waals surface area contributed by atoms with Crippen molar-refractivity contribution in [3.05, 3.63) is 83.9 Å². The number of allylic oxidation sites excluding steroid dienone is 2. The van der Waals surface area contributed by atoms with Crippen LogP contribution in [0.2, 0.25) is 0 Å². The Morgan fingerprint density at radius 1 is 1.05 bits per heavy atom. The molecule has 0 unspecified atom stereocenters. The van der Waals surface area contributed by atoms with E-state index in [4.69, 9.17) is 9.47 Å². The predicted molar refractivity (Wildman–Crippen MR) is 153 cm³/mol. The van der Waals surface area contributed by atoms with Gasteiger partial charge in [-0.3, -0.25) is 14.4 Å². The number of aliphatic hydroxyl groups excluding tert-OH is 1. The molecule has 40 heavy (non-hydrogen) atoms. The number of carbonyl (C=O) groups is 3. The maximum atomic E-state index is 13.3. The highest BCUT2D eigenvalue weighted by molar-refractivity contribution is 5.86. The Labute approximate surface area is 237 Å². The van der Waals surface area contributed by atoms with Crippen LogP contribution in [0.1, 0.15) is 50.2 Å². The van der Waals surface area contributed by atoms with E-state index >= 15 is 0 Å². The fourth-order valence-corrected chi connectivity index (χ4v) is 4.59. The van der Waals surface area contributed by atoms with Gasteiger partial charge in [-0.1, -0.05) is 72.8 Å². The maximum Gasteiger partial charge on any atom is 0.309 e. The van der Waals surface area contributed by atoms with Crippen molar-refractivity contribution in [2.24, 2.45) is 11.8 Å². The van der Waals surface area contributed by atoms with Crippen LogP contribution >= 0.6 is 0 Å². The number of esters is 1. The van der Waals surface area contributed by atoms with Crippen molar-refractivity contribution in [2.45, 2.75) is 64.1 Å². The average molecular weight is 551 g/mol. The number of nitrogens with one attached hydrogen (secondary N) is 2. The first-order chi connectivity index (χ1) is 19.4. The van der Waals surface area contributed by atoms with Gasteiger partial charge in [0.2, 0.25) is 11.8 Å². The molecule has 0 spiro atoms. The Bertz CT molecular complexity index is 1080. The third kappa shape index (κ3) is 11.3. The molecule has 3 N–H and O–H groups in total. The molecule has 2 amide bonds. The SMILES string of the molecule is C[C@H](CO)NC(=O)C[C@H]1CC=CCCC[C@H](Cc2ccccc2)C(=O)OC[C@H](COCc2ccccc2)NC1=O. The topological polar surface area (TPSA) is 114 Å². The van der Waals surface area contributed by atoms with Gasteiger partial charge < -0.3 is 25.2 Å². The summed E-state index contributed by atoms with van der Waals surface area (Å²) in [6.45, 7) is 1.99. The Morgan fingerprint density at radius 2 is 1.75 bits per heavy atom. The van der Waals surface area contributed by atoms with Crippen LogP contribution in [0, 0.1) is 11.8 Å². The number of ether oxygens (including phenoxy) is 2. The molecular weight excluding hydrogens is 508 g/mol. The van der Waals surface area contributed by atoms with E-state index < -0.39 is 18.0 Å². The summed E-state index contributed by atoms with van der Waals surface area (Å²) >= 11 is 0. The molecule has 0 saturated carbocycles. The van der Waals surface area contributed by atoms with E-state index in [9.17, 15) is 19.5 Å². The van der Waals surface area contributed by atoms with Crippen molar-refractivity contribution in [3.63, 3.8) is 0 Å². The summed E-state index contributed by atoms with van der Waals surface area (Å²) in [4.78, 5) is 39.0. The van der Waals surface area contributed by atoms with Crippen LogP contribution in [0.4, 0.5) is 0 Å². The zero-order valence-electron chi connectivity index (χ0n) is 23.3. The number of rotatable bonds is 10. The van der Waals surface area contributed by atoms with E-state index in [0.29, 0.717) is 25.9 Å². The normalized spacial score (nSPS) is 21.5. The molecule has 1 aliphatic rings. The van der Waals surface area contributed by atoms with E-state index in [2.05, 4.69) is 10.6 Å². The highest BCUT2D eigenvalue weighted by atomic mass is 16.5. The lowest BCUT2D eigenvalue weighted by atomic mass is 9.93. The monoisotopic (exact) mass is 550 g/mol. The van der Waals surface area contributed by atoms with Gasteiger partial charge in [0.25, 0.3) is 0 Å². The van der Waals surface area contributed by atoms with Crippen LogP contribution in [0.15, 0.2) is 72.8 Å². The van der Waals surface area contributed by atoms with Gasteiger partial charge >= 0.3 is 5.97 Å². The van der Waals surface area contributed by atoms with E-state index in [-0.39, 0.29) is 49.9 Å². The number of carbonyl (C=O) groups excluding carboxylic acids is 3. The minimum atomic E-state index is -0.608. The summed E-state index contributed by atoms with van der Waals surface area (Å²) in [5.41, 5.74) is 2.07. The standard InChI is InChI=1S/C32H42N2O6/c1-24(20-35)33-30(36)19-27-16-10-2-3-11-17-28(18-25-12-6-4-7-13-25)32(38)40-23-29(34-31(27)37)22-39-21-26-14-8-5-9-15-26/h2,4-10,12-15,24,27-29,35H,3,11,16-23H2,1H3,(H,33,36)(H,34,37)/t24-,27-,28-,29+/m1/s1. The number of benzene rings is 2. The van der Waals surface area contributed by atoms with Gasteiger partial charge in [-0.2, -0.15) is 0 Å². The molecule has 3 rings (SSSR count). The lowest BCUT2D eigenvalue weighted by Gasteiger charge is -2.24. The van der Waals surface area contributed by atoms with E-state index in [1.165, 1.54) is 0 Å². The number of cyclic esters (lactones) is 1. The first-order valence-corrected chi connectivity index (χ1v) is 14.1. The summed E-state index contributed by atoms with van der Waals surface area (Å²) < 4.78 is 11.7. The van der Waals surface area contributed by atoms with Gasteiger partial charge in [-0.15, -0.1) is 0 Å². The van der Waals surface area contributed by atoms with Gasteiger partial charge in [0.1, 0.15) is 6.61 Å². The van der Waals surface area contributed by atoms with Crippen molar-refractivity contribution >= 4 is 17.8 Å². The molecule has 0 fully saturated rings. The van der Waals surface area contributed by atoms with Gasteiger partial charge in [0.05, 0.1) is 37.7 Å². The molecule has 1 aliphatic heterocycles. The summed E-state index contributed by atoms with van der Waals surface area (Å²) in [6, 6.07) is 18.6. The van der Waals surface area contributed by atoms with Crippen molar-refractivity contribution in [2.75, 3.05) is 19.8 Å². The highest BCUT2D eigenvalue weighted by Crippen LogP contribution is 2.19. The lowest BCUT2D eigenvalue weighted by Crippen LogP contribution is -2.46. The Kier molecular flexibility index (Phi) is 13.4. The van der Waals surface area contributed by atoms with Crippen LogP contribution in [-0.4, -0.2) is 54.8 Å². The maximum absolute atomic E-state index is 13.3. The fraction of sp³-hybridized carbons (Fsp3) is 0.469. The first kappa shape index (κ1) is 31.0. The minimum absolute atomic E-state index is 0.0168. The summed E-state index contributed by atoms with van der Waals surface area (Å²) in [5, 5.41) is 14.9. The smallest absolute Gasteiger partial charge is 0.309 e. The molecule has 216 valence electrons. The highest BCUT2D eigenvalue weighted by Gasteiger charge is 2.27. The van der Waals surface area contributed by atoms with Crippen LogP contribution in [0.3, 0.4) is 0 Å². The van der Waals surface area contributed by atoms with Crippen LogP contribution in [-0.2, 0) is 36.9 Å². The molecule has 0 saturated heterocycles. The van der Waals surface area contributed by atoms with Gasteiger partial charge in [-0.25, -0.2) is 0 Å². The largest absolute Gasteiger partial charge is 0.463 e. The second kappa shape index (κ2) is 17.3. The van der Waals surface area contributed by atoms with Gasteiger partial charge in [0, 0.05) is 12.5 Å². The van der Waals surface area contributed by atoms with Crippen molar-refractivity contribution in [1.29, 1.82) is 0 Å². The average Bonchev–Trinajstić information content (AvgIpc) is 2.96. The van der Waals surface area contributed by atoms with E-state index in [1.54, 1.807) is 6.92 Å². The zero-order valence-corrected chi connectivity index (χ0v) is 23.3. The van der Waals surface area contributed by atoms with Crippen molar-refractivity contribution in [1.82, 2.24) is 10.6 Å². The summed E-state index contributed by atoms with van der Waals surface area (Å²) in [7, 11) is 0. The molecule has 0 aromatic heterocycles. The fourth-order valence-electron chi connectivity index (χ4n) is 4.59.